The summed E-state index contributed by atoms with van der Waals surface area (Å²) in [7, 11) is 1.92. The Morgan fingerprint density at radius 2 is 2.05 bits per heavy atom. The number of nitrogens with zero attached hydrogens (tertiary/aromatic N) is 5. The zero-order valence-electron chi connectivity index (χ0n) is 11.8. The molecule has 1 aliphatic carbocycles. The molecule has 0 aromatic carbocycles. The molecule has 1 saturated carbocycles. The predicted molar refractivity (Wildman–Crippen MR) is 83.1 cm³/mol. The minimum absolute atomic E-state index is 0.772. The number of aryl methyl sites for hydroxylation is 1. The Bertz CT molecular complexity index is 800. The summed E-state index contributed by atoms with van der Waals surface area (Å²) in [5.74, 6) is 0.851. The van der Waals surface area contributed by atoms with E-state index in [0.29, 0.717) is 0 Å². The van der Waals surface area contributed by atoms with Crippen LogP contribution in [0.1, 0.15) is 29.8 Å². The second-order valence-electron chi connectivity index (χ2n) is 5.82. The number of aromatic nitrogens is 5. The largest absolute Gasteiger partial charge is 0.304 e. The van der Waals surface area contributed by atoms with E-state index in [-0.39, 0.29) is 0 Å². The highest BCUT2D eigenvalue weighted by Gasteiger charge is 2.22. The van der Waals surface area contributed by atoms with Gasteiger partial charge in [0.1, 0.15) is 4.60 Å². The van der Waals surface area contributed by atoms with Crippen molar-refractivity contribution in [1.29, 1.82) is 0 Å². The van der Waals surface area contributed by atoms with Crippen LogP contribution in [0.3, 0.4) is 0 Å². The first kappa shape index (κ1) is 13.0. The summed E-state index contributed by atoms with van der Waals surface area (Å²) in [6.45, 7) is 0. The molecule has 1 aliphatic rings. The lowest BCUT2D eigenvalue weighted by molar-refractivity contribution is 0.760. The van der Waals surface area contributed by atoms with Gasteiger partial charge in [-0.3, -0.25) is 9.67 Å². The van der Waals surface area contributed by atoms with Crippen molar-refractivity contribution in [3.05, 3.63) is 46.3 Å². The van der Waals surface area contributed by atoms with Crippen LogP contribution in [0.4, 0.5) is 0 Å². The van der Waals surface area contributed by atoms with Crippen molar-refractivity contribution in [2.75, 3.05) is 0 Å². The van der Waals surface area contributed by atoms with Gasteiger partial charge < -0.3 is 4.40 Å². The third kappa shape index (κ3) is 2.72. The van der Waals surface area contributed by atoms with Crippen molar-refractivity contribution >= 4 is 21.6 Å². The summed E-state index contributed by atoms with van der Waals surface area (Å²) in [6, 6.07) is 0. The van der Waals surface area contributed by atoms with Crippen molar-refractivity contribution in [3.63, 3.8) is 0 Å². The third-order valence-electron chi connectivity index (χ3n) is 3.86. The highest BCUT2D eigenvalue weighted by Crippen LogP contribution is 2.32. The molecule has 0 unspecified atom stereocenters. The van der Waals surface area contributed by atoms with Crippen LogP contribution in [-0.4, -0.2) is 24.1 Å². The molecular formula is C15H16BrN5. The standard InChI is InChI=1S/C15H16BrN5/c1-20-7-11(15(16)19-20)5-13-9-21-8-12(4-10-2-3-10)17-6-14(21)18-13/h6-10H,2-5H2,1H3. The fraction of sp³-hybridized carbons (Fsp3) is 0.400. The van der Waals surface area contributed by atoms with E-state index in [1.165, 1.54) is 12.8 Å². The fourth-order valence-electron chi connectivity index (χ4n) is 2.63. The molecule has 5 nitrogen and oxygen atoms in total. The van der Waals surface area contributed by atoms with Crippen molar-refractivity contribution < 1.29 is 0 Å². The second-order valence-corrected chi connectivity index (χ2v) is 6.57. The lowest BCUT2D eigenvalue weighted by Gasteiger charge is -1.98. The smallest absolute Gasteiger partial charge is 0.155 e. The van der Waals surface area contributed by atoms with E-state index in [4.69, 9.17) is 0 Å². The van der Waals surface area contributed by atoms with Crippen LogP contribution in [0.15, 0.2) is 29.4 Å². The first-order chi connectivity index (χ1) is 10.2. The minimum Gasteiger partial charge on any atom is -0.304 e. The van der Waals surface area contributed by atoms with Crippen molar-refractivity contribution in [3.8, 4) is 0 Å². The van der Waals surface area contributed by atoms with Crippen molar-refractivity contribution in [2.24, 2.45) is 13.0 Å². The van der Waals surface area contributed by atoms with Crippen molar-refractivity contribution in [2.45, 2.75) is 25.7 Å². The summed E-state index contributed by atoms with van der Waals surface area (Å²) in [5, 5.41) is 4.30. The topological polar surface area (TPSA) is 48.0 Å². The van der Waals surface area contributed by atoms with Crippen LogP contribution in [0.5, 0.6) is 0 Å². The van der Waals surface area contributed by atoms with Crippen LogP contribution in [0, 0.1) is 5.92 Å². The van der Waals surface area contributed by atoms with Crippen LogP contribution < -0.4 is 0 Å². The van der Waals surface area contributed by atoms with Gasteiger partial charge >= 0.3 is 0 Å². The van der Waals surface area contributed by atoms with Crippen LogP contribution in [0.25, 0.3) is 5.65 Å². The number of hydrogen-bond donors (Lipinski definition) is 0. The molecule has 4 rings (SSSR count). The van der Waals surface area contributed by atoms with Gasteiger partial charge in [-0.05, 0) is 41.1 Å². The molecule has 0 aliphatic heterocycles. The zero-order valence-corrected chi connectivity index (χ0v) is 13.4. The SMILES string of the molecule is Cn1cc(Cc2cn3cc(CC4CC4)ncc3n2)c(Br)n1. The Morgan fingerprint density at radius 1 is 1.24 bits per heavy atom. The Hall–Kier alpha value is -1.69. The average Bonchev–Trinajstić information content (AvgIpc) is 3.06. The van der Waals surface area contributed by atoms with E-state index in [1.54, 1.807) is 0 Å². The number of hydrogen-bond acceptors (Lipinski definition) is 3. The van der Waals surface area contributed by atoms with Gasteiger partial charge in [-0.2, -0.15) is 5.10 Å². The molecule has 108 valence electrons. The highest BCUT2D eigenvalue weighted by atomic mass is 79.9. The fourth-order valence-corrected chi connectivity index (χ4v) is 3.12. The predicted octanol–water partition coefficient (Wildman–Crippen LogP) is 2.77. The van der Waals surface area contributed by atoms with Gasteiger partial charge in [-0.15, -0.1) is 0 Å². The Balaban J connectivity index is 1.61. The molecule has 6 heteroatoms. The van der Waals surface area contributed by atoms with Gasteiger partial charge in [0.2, 0.25) is 0 Å². The first-order valence-corrected chi connectivity index (χ1v) is 7.97. The van der Waals surface area contributed by atoms with Crippen LogP contribution in [0.2, 0.25) is 0 Å². The van der Waals surface area contributed by atoms with E-state index >= 15 is 0 Å². The summed E-state index contributed by atoms with van der Waals surface area (Å²) in [6.07, 6.45) is 12.7. The molecule has 0 amide bonds. The van der Waals surface area contributed by atoms with E-state index in [0.717, 1.165) is 46.0 Å². The maximum absolute atomic E-state index is 4.64. The molecule has 0 atom stereocenters. The molecule has 0 spiro atoms. The second kappa shape index (κ2) is 4.94. The highest BCUT2D eigenvalue weighted by molar-refractivity contribution is 9.10. The molecule has 3 aromatic rings. The van der Waals surface area contributed by atoms with Gasteiger partial charge in [0, 0.05) is 37.6 Å². The van der Waals surface area contributed by atoms with E-state index < -0.39 is 0 Å². The molecular weight excluding hydrogens is 330 g/mol. The lowest BCUT2D eigenvalue weighted by atomic mass is 10.2. The number of imidazole rings is 1. The molecule has 0 N–H and O–H groups in total. The molecule has 0 radical (unpaired) electrons. The lowest BCUT2D eigenvalue weighted by Crippen LogP contribution is -1.95. The molecule has 0 bridgehead atoms. The minimum atomic E-state index is 0.772. The van der Waals surface area contributed by atoms with Crippen LogP contribution >= 0.6 is 15.9 Å². The first-order valence-electron chi connectivity index (χ1n) is 7.18. The molecule has 0 saturated heterocycles. The van der Waals surface area contributed by atoms with E-state index in [1.807, 2.05) is 24.1 Å². The van der Waals surface area contributed by atoms with Gasteiger partial charge in [-0.1, -0.05) is 0 Å². The molecule has 3 heterocycles. The molecule has 3 aromatic heterocycles. The average molecular weight is 346 g/mol. The maximum atomic E-state index is 4.64. The third-order valence-corrected chi connectivity index (χ3v) is 4.53. The van der Waals surface area contributed by atoms with Gasteiger partial charge in [0.05, 0.1) is 17.6 Å². The summed E-state index contributed by atoms with van der Waals surface area (Å²) in [5.41, 5.74) is 4.25. The van der Waals surface area contributed by atoms with Gasteiger partial charge in [0.25, 0.3) is 0 Å². The Labute approximate surface area is 131 Å². The number of fused-ring (bicyclic) bond motifs is 1. The molecule has 21 heavy (non-hydrogen) atoms. The Kier molecular flexibility index (Phi) is 3.06. The van der Waals surface area contributed by atoms with Crippen LogP contribution in [-0.2, 0) is 19.9 Å². The summed E-state index contributed by atoms with van der Waals surface area (Å²) < 4.78 is 4.78. The Morgan fingerprint density at radius 3 is 2.76 bits per heavy atom. The summed E-state index contributed by atoms with van der Waals surface area (Å²) in [4.78, 5) is 9.16. The van der Waals surface area contributed by atoms with Crippen molar-refractivity contribution in [1.82, 2.24) is 24.1 Å². The van der Waals surface area contributed by atoms with E-state index in [2.05, 4.69) is 47.8 Å². The van der Waals surface area contributed by atoms with E-state index in [9.17, 15) is 0 Å². The normalized spacial score (nSPS) is 15.0. The monoisotopic (exact) mass is 345 g/mol. The molecule has 1 fully saturated rings. The van der Waals surface area contributed by atoms with Gasteiger partial charge in [-0.25, -0.2) is 4.98 Å². The zero-order chi connectivity index (χ0) is 14.4. The number of halogens is 1. The quantitative estimate of drug-likeness (QED) is 0.730. The summed E-state index contributed by atoms with van der Waals surface area (Å²) >= 11 is 3.49. The number of rotatable bonds is 4. The maximum Gasteiger partial charge on any atom is 0.155 e. The van der Waals surface area contributed by atoms with Gasteiger partial charge in [0.15, 0.2) is 5.65 Å².